The fourth-order valence-electron chi connectivity index (χ4n) is 1.09. The zero-order valence-electron chi connectivity index (χ0n) is 10.3. The Morgan fingerprint density at radius 3 is 2.47 bits per heavy atom. The summed E-state index contributed by atoms with van der Waals surface area (Å²) in [7, 11) is -3.60. The van der Waals surface area contributed by atoms with Gasteiger partial charge >= 0.3 is 10.2 Å². The molecular formula is C9H18N4O2S2. The lowest BCUT2D eigenvalue weighted by Crippen LogP contribution is -2.43. The molecule has 6 nitrogen and oxygen atoms in total. The van der Waals surface area contributed by atoms with E-state index in [9.17, 15) is 8.42 Å². The number of rotatable bonds is 4. The summed E-state index contributed by atoms with van der Waals surface area (Å²) >= 11 is 1.21. The van der Waals surface area contributed by atoms with Crippen LogP contribution in [-0.4, -0.2) is 18.9 Å². The fourth-order valence-corrected chi connectivity index (χ4v) is 3.40. The zero-order valence-corrected chi connectivity index (χ0v) is 11.9. The number of nitrogens with zero attached hydrogens (tertiary/aromatic N) is 1. The lowest BCUT2D eigenvalue weighted by molar-refractivity contribution is 0.494. The van der Waals surface area contributed by atoms with Crippen LogP contribution in [0.25, 0.3) is 0 Å². The SMILES string of the molecule is CC(N)c1csc(NS(=O)(=O)NC(C)(C)C)n1. The molecule has 17 heavy (non-hydrogen) atoms. The van der Waals surface area contributed by atoms with Crippen LogP contribution in [0.2, 0.25) is 0 Å². The zero-order chi connectivity index (χ0) is 13.3. The van der Waals surface area contributed by atoms with Gasteiger partial charge in [0.15, 0.2) is 5.13 Å². The summed E-state index contributed by atoms with van der Waals surface area (Å²) < 4.78 is 28.3. The van der Waals surface area contributed by atoms with E-state index in [0.717, 1.165) is 0 Å². The predicted octanol–water partition coefficient (Wildman–Crippen LogP) is 1.21. The topological polar surface area (TPSA) is 97.1 Å². The Labute approximate surface area is 106 Å². The van der Waals surface area contributed by atoms with E-state index in [0.29, 0.717) is 10.8 Å². The normalized spacial score (nSPS) is 14.6. The minimum atomic E-state index is -3.60. The van der Waals surface area contributed by atoms with Crippen LogP contribution in [0.4, 0.5) is 5.13 Å². The van der Waals surface area contributed by atoms with Crippen LogP contribution in [0.15, 0.2) is 5.38 Å². The van der Waals surface area contributed by atoms with Gasteiger partial charge in [0.05, 0.1) is 5.69 Å². The largest absolute Gasteiger partial charge is 0.323 e. The standard InChI is InChI=1S/C9H18N4O2S2/c1-6(10)7-5-16-8(11-7)12-17(14,15)13-9(2,3)4/h5-6,13H,10H2,1-4H3,(H,11,12). The number of hydrogen-bond donors (Lipinski definition) is 3. The van der Waals surface area contributed by atoms with Gasteiger partial charge in [-0.1, -0.05) is 0 Å². The molecule has 1 aromatic heterocycles. The Bertz CT molecular complexity index is 473. The maximum Gasteiger partial charge on any atom is 0.301 e. The molecule has 1 heterocycles. The van der Waals surface area contributed by atoms with Crippen LogP contribution in [0.1, 0.15) is 39.4 Å². The minimum absolute atomic E-state index is 0.208. The molecule has 1 rings (SSSR count). The molecule has 8 heteroatoms. The van der Waals surface area contributed by atoms with E-state index in [-0.39, 0.29) is 6.04 Å². The van der Waals surface area contributed by atoms with Crippen molar-refractivity contribution in [1.29, 1.82) is 0 Å². The molecule has 0 aliphatic carbocycles. The molecule has 0 amide bonds. The van der Waals surface area contributed by atoms with Gasteiger partial charge in [0, 0.05) is 17.0 Å². The van der Waals surface area contributed by atoms with Gasteiger partial charge in [-0.15, -0.1) is 11.3 Å². The highest BCUT2D eigenvalue weighted by molar-refractivity contribution is 7.91. The van der Waals surface area contributed by atoms with Crippen LogP contribution < -0.4 is 15.2 Å². The molecule has 0 fully saturated rings. The van der Waals surface area contributed by atoms with Crippen molar-refractivity contribution in [2.45, 2.75) is 39.3 Å². The Morgan fingerprint density at radius 2 is 2.06 bits per heavy atom. The van der Waals surface area contributed by atoms with Crippen molar-refractivity contribution in [2.24, 2.45) is 5.73 Å². The van der Waals surface area contributed by atoms with Gasteiger partial charge in [-0.2, -0.15) is 13.1 Å². The summed E-state index contributed by atoms with van der Waals surface area (Å²) in [6.07, 6.45) is 0. The quantitative estimate of drug-likeness (QED) is 0.771. The molecule has 0 aliphatic rings. The lowest BCUT2D eigenvalue weighted by Gasteiger charge is -2.20. The molecule has 0 aromatic carbocycles. The number of nitrogens with one attached hydrogen (secondary N) is 2. The summed E-state index contributed by atoms with van der Waals surface area (Å²) in [4.78, 5) is 4.09. The van der Waals surface area contributed by atoms with E-state index >= 15 is 0 Å². The fraction of sp³-hybridized carbons (Fsp3) is 0.667. The van der Waals surface area contributed by atoms with Gasteiger partial charge in [0.25, 0.3) is 0 Å². The highest BCUT2D eigenvalue weighted by atomic mass is 32.2. The van der Waals surface area contributed by atoms with Crippen molar-refractivity contribution in [1.82, 2.24) is 9.71 Å². The third-order valence-electron chi connectivity index (χ3n) is 1.65. The summed E-state index contributed by atoms with van der Waals surface area (Å²) in [5, 5.41) is 2.05. The summed E-state index contributed by atoms with van der Waals surface area (Å²) in [5.74, 6) is 0. The first-order chi connectivity index (χ1) is 7.59. The van der Waals surface area contributed by atoms with Crippen LogP contribution in [0, 0.1) is 0 Å². The van der Waals surface area contributed by atoms with Crippen molar-refractivity contribution in [3.05, 3.63) is 11.1 Å². The van der Waals surface area contributed by atoms with Crippen molar-refractivity contribution >= 4 is 26.7 Å². The molecular weight excluding hydrogens is 260 g/mol. The molecule has 0 aliphatic heterocycles. The Hall–Kier alpha value is -0.700. The van der Waals surface area contributed by atoms with Crippen molar-refractivity contribution in [2.75, 3.05) is 4.72 Å². The van der Waals surface area contributed by atoms with Gasteiger partial charge in [-0.3, -0.25) is 0 Å². The highest BCUT2D eigenvalue weighted by Crippen LogP contribution is 2.20. The van der Waals surface area contributed by atoms with E-state index in [2.05, 4.69) is 14.4 Å². The molecule has 0 saturated heterocycles. The van der Waals surface area contributed by atoms with Crippen molar-refractivity contribution in [3.8, 4) is 0 Å². The van der Waals surface area contributed by atoms with Crippen LogP contribution in [0.5, 0.6) is 0 Å². The average Bonchev–Trinajstić information content (AvgIpc) is 2.46. The number of anilines is 1. The monoisotopic (exact) mass is 278 g/mol. The van der Waals surface area contributed by atoms with E-state index in [1.54, 1.807) is 33.1 Å². The summed E-state index contributed by atoms with van der Waals surface area (Å²) in [6.45, 7) is 7.09. The van der Waals surface area contributed by atoms with Crippen LogP contribution >= 0.6 is 11.3 Å². The second-order valence-corrected chi connectivity index (χ2v) is 7.10. The van der Waals surface area contributed by atoms with Crippen molar-refractivity contribution < 1.29 is 8.42 Å². The molecule has 1 aromatic rings. The molecule has 0 spiro atoms. The molecule has 1 unspecified atom stereocenters. The minimum Gasteiger partial charge on any atom is -0.323 e. The van der Waals surface area contributed by atoms with E-state index < -0.39 is 15.7 Å². The molecule has 1 atom stereocenters. The molecule has 98 valence electrons. The van der Waals surface area contributed by atoms with E-state index in [4.69, 9.17) is 5.73 Å². The van der Waals surface area contributed by atoms with Gasteiger partial charge in [0.2, 0.25) is 0 Å². The van der Waals surface area contributed by atoms with E-state index in [1.165, 1.54) is 11.3 Å². The highest BCUT2D eigenvalue weighted by Gasteiger charge is 2.20. The maximum atomic E-state index is 11.7. The summed E-state index contributed by atoms with van der Waals surface area (Å²) in [5.41, 5.74) is 5.78. The molecule has 0 bridgehead atoms. The van der Waals surface area contributed by atoms with Crippen LogP contribution in [-0.2, 0) is 10.2 Å². The number of nitrogens with two attached hydrogens (primary N) is 1. The van der Waals surface area contributed by atoms with E-state index in [1.807, 2.05) is 0 Å². The first-order valence-corrected chi connectivity index (χ1v) is 7.48. The smallest absolute Gasteiger partial charge is 0.301 e. The second kappa shape index (κ2) is 4.89. The number of hydrogen-bond acceptors (Lipinski definition) is 5. The molecule has 0 saturated carbocycles. The first kappa shape index (κ1) is 14.4. The summed E-state index contributed by atoms with van der Waals surface area (Å²) in [6, 6.07) is -0.208. The van der Waals surface area contributed by atoms with Gasteiger partial charge in [-0.05, 0) is 27.7 Å². The Morgan fingerprint density at radius 1 is 1.47 bits per heavy atom. The average molecular weight is 278 g/mol. The second-order valence-electron chi connectivity index (χ2n) is 4.82. The van der Waals surface area contributed by atoms with Gasteiger partial charge < -0.3 is 5.73 Å². The third-order valence-corrected chi connectivity index (χ3v) is 3.90. The Kier molecular flexibility index (Phi) is 4.13. The lowest BCUT2D eigenvalue weighted by atomic mass is 10.1. The van der Waals surface area contributed by atoms with Crippen molar-refractivity contribution in [3.63, 3.8) is 0 Å². The predicted molar refractivity (Wildman–Crippen MR) is 70.1 cm³/mol. The first-order valence-electron chi connectivity index (χ1n) is 5.12. The van der Waals surface area contributed by atoms with Gasteiger partial charge in [-0.25, -0.2) is 9.71 Å². The number of aromatic nitrogens is 1. The Balaban J connectivity index is 2.77. The van der Waals surface area contributed by atoms with Crippen LogP contribution in [0.3, 0.4) is 0 Å². The molecule has 4 N–H and O–H groups in total. The van der Waals surface area contributed by atoms with Gasteiger partial charge in [0.1, 0.15) is 0 Å². The number of thiazole rings is 1. The maximum absolute atomic E-state index is 11.7. The molecule has 0 radical (unpaired) electrons. The third kappa shape index (κ3) is 4.99.